The highest BCUT2D eigenvalue weighted by molar-refractivity contribution is 5.91. The van der Waals surface area contributed by atoms with Crippen LogP contribution in [-0.4, -0.2) is 31.3 Å². The Balaban J connectivity index is 2.38. The molecule has 0 saturated heterocycles. The van der Waals surface area contributed by atoms with Crippen molar-refractivity contribution in [1.82, 2.24) is 0 Å². The van der Waals surface area contributed by atoms with Crippen LogP contribution in [-0.2, 0) is 9.53 Å². The molecule has 0 saturated carbocycles. The van der Waals surface area contributed by atoms with Gasteiger partial charge in [-0.3, -0.25) is 4.79 Å². The molecule has 0 aromatic heterocycles. The first-order valence-electron chi connectivity index (χ1n) is 7.98. The van der Waals surface area contributed by atoms with Gasteiger partial charge in [0.25, 0.3) is 0 Å². The van der Waals surface area contributed by atoms with E-state index in [-0.39, 0.29) is 18.4 Å². The fourth-order valence-electron chi connectivity index (χ4n) is 2.22. The zero-order valence-corrected chi connectivity index (χ0v) is 14.2. The topological polar surface area (TPSA) is 50.4 Å². The van der Waals surface area contributed by atoms with Gasteiger partial charge in [0.15, 0.2) is 0 Å². The minimum absolute atomic E-state index is 0.0905. The van der Waals surface area contributed by atoms with Crippen LogP contribution in [0.25, 0.3) is 0 Å². The lowest BCUT2D eigenvalue weighted by Gasteiger charge is -2.15. The number of anilines is 2. The van der Waals surface area contributed by atoms with Crippen LogP contribution in [0.15, 0.2) is 24.3 Å². The highest BCUT2D eigenvalue weighted by Crippen LogP contribution is 2.19. The molecule has 7 heteroatoms. The summed E-state index contributed by atoms with van der Waals surface area (Å²) in [6.07, 6.45) is -3.08. The largest absolute Gasteiger partial charge is 0.405 e. The minimum Gasteiger partial charge on any atom is -0.378 e. The Kier molecular flexibility index (Phi) is 8.04. The number of alkyl halides is 3. The number of carbonyl (C=O) groups is 1. The fraction of sp³-hybridized carbons (Fsp3) is 0.588. The van der Waals surface area contributed by atoms with Crippen LogP contribution in [0.4, 0.5) is 24.5 Å². The SMILES string of the molecule is CC(C)C[C@@H](C)OCCC(=O)Nc1cccc(NCC(F)(F)F)c1. The lowest BCUT2D eigenvalue weighted by Crippen LogP contribution is -2.21. The molecule has 24 heavy (non-hydrogen) atoms. The zero-order chi connectivity index (χ0) is 18.2. The third-order valence-corrected chi connectivity index (χ3v) is 3.17. The predicted molar refractivity (Wildman–Crippen MR) is 89.1 cm³/mol. The maximum Gasteiger partial charge on any atom is 0.405 e. The maximum absolute atomic E-state index is 12.2. The Bertz CT molecular complexity index is 519. The molecular formula is C17H25F3N2O2. The van der Waals surface area contributed by atoms with Crippen LogP contribution in [0.3, 0.4) is 0 Å². The van der Waals surface area contributed by atoms with Gasteiger partial charge in [-0.2, -0.15) is 13.2 Å². The summed E-state index contributed by atoms with van der Waals surface area (Å²) in [7, 11) is 0. The van der Waals surface area contributed by atoms with Crippen molar-refractivity contribution in [1.29, 1.82) is 0 Å². The summed E-state index contributed by atoms with van der Waals surface area (Å²) in [5.41, 5.74) is 0.745. The Labute approximate surface area is 140 Å². The van der Waals surface area contributed by atoms with Crippen LogP contribution in [0.5, 0.6) is 0 Å². The van der Waals surface area contributed by atoms with Crippen molar-refractivity contribution in [2.24, 2.45) is 5.92 Å². The van der Waals surface area contributed by atoms with Crippen LogP contribution in [0, 0.1) is 5.92 Å². The van der Waals surface area contributed by atoms with E-state index in [1.54, 1.807) is 12.1 Å². The quantitative estimate of drug-likeness (QED) is 0.695. The van der Waals surface area contributed by atoms with Gasteiger partial charge in [-0.15, -0.1) is 0 Å². The number of amides is 1. The molecule has 0 radical (unpaired) electrons. The van der Waals surface area contributed by atoms with Crippen molar-refractivity contribution in [3.63, 3.8) is 0 Å². The predicted octanol–water partition coefficient (Wildman–Crippen LogP) is 4.44. The van der Waals surface area contributed by atoms with Gasteiger partial charge in [0.1, 0.15) is 6.54 Å². The molecule has 0 aliphatic rings. The first-order valence-corrected chi connectivity index (χ1v) is 7.98. The van der Waals surface area contributed by atoms with E-state index >= 15 is 0 Å². The summed E-state index contributed by atoms with van der Waals surface area (Å²) in [4.78, 5) is 11.9. The molecule has 0 bridgehead atoms. The van der Waals surface area contributed by atoms with Crippen molar-refractivity contribution < 1.29 is 22.7 Å². The summed E-state index contributed by atoms with van der Waals surface area (Å²) in [6.45, 7) is 5.37. The lowest BCUT2D eigenvalue weighted by molar-refractivity contribution is -0.118. The molecule has 0 heterocycles. The van der Waals surface area contributed by atoms with E-state index in [0.717, 1.165) is 6.42 Å². The number of nitrogens with one attached hydrogen (secondary N) is 2. The lowest BCUT2D eigenvalue weighted by atomic mass is 10.1. The Morgan fingerprint density at radius 1 is 1.21 bits per heavy atom. The van der Waals surface area contributed by atoms with Gasteiger partial charge in [-0.25, -0.2) is 0 Å². The molecule has 0 aliphatic heterocycles. The van der Waals surface area contributed by atoms with Crippen molar-refractivity contribution >= 4 is 17.3 Å². The zero-order valence-electron chi connectivity index (χ0n) is 14.2. The molecule has 1 atom stereocenters. The summed E-state index contributed by atoms with van der Waals surface area (Å²) in [5.74, 6) is 0.292. The normalized spacial score (nSPS) is 13.0. The highest BCUT2D eigenvalue weighted by atomic mass is 19.4. The number of hydrogen-bond acceptors (Lipinski definition) is 3. The molecule has 1 aromatic rings. The average molecular weight is 346 g/mol. The van der Waals surface area contributed by atoms with E-state index in [1.807, 2.05) is 6.92 Å². The Hall–Kier alpha value is -1.76. The maximum atomic E-state index is 12.2. The van der Waals surface area contributed by atoms with E-state index in [4.69, 9.17) is 4.74 Å². The summed E-state index contributed by atoms with van der Waals surface area (Å²) in [5, 5.41) is 4.93. The number of ether oxygens (including phenoxy) is 1. The first kappa shape index (κ1) is 20.3. The molecule has 0 fully saturated rings. The van der Waals surface area contributed by atoms with Gasteiger partial charge in [0.2, 0.25) is 5.91 Å². The number of benzene rings is 1. The fourth-order valence-corrected chi connectivity index (χ4v) is 2.22. The molecule has 1 rings (SSSR count). The van der Waals surface area contributed by atoms with E-state index in [1.165, 1.54) is 12.1 Å². The van der Waals surface area contributed by atoms with Crippen molar-refractivity contribution in [3.05, 3.63) is 24.3 Å². The smallest absolute Gasteiger partial charge is 0.378 e. The molecule has 1 aromatic carbocycles. The summed E-state index contributed by atoms with van der Waals surface area (Å²) in [6, 6.07) is 6.18. The summed E-state index contributed by atoms with van der Waals surface area (Å²) >= 11 is 0. The number of carbonyl (C=O) groups excluding carboxylic acids is 1. The van der Waals surface area contributed by atoms with Gasteiger partial charge in [-0.05, 0) is 37.5 Å². The van der Waals surface area contributed by atoms with Crippen molar-refractivity contribution in [2.75, 3.05) is 23.8 Å². The van der Waals surface area contributed by atoms with Gasteiger partial charge < -0.3 is 15.4 Å². The molecule has 2 N–H and O–H groups in total. The van der Waals surface area contributed by atoms with Gasteiger partial charge >= 0.3 is 6.18 Å². The molecular weight excluding hydrogens is 321 g/mol. The third-order valence-electron chi connectivity index (χ3n) is 3.17. The molecule has 0 aliphatic carbocycles. The first-order chi connectivity index (χ1) is 11.2. The molecule has 0 spiro atoms. The van der Waals surface area contributed by atoms with E-state index in [9.17, 15) is 18.0 Å². The van der Waals surface area contributed by atoms with Crippen molar-refractivity contribution in [3.8, 4) is 0 Å². The van der Waals surface area contributed by atoms with Crippen LogP contribution < -0.4 is 10.6 Å². The monoisotopic (exact) mass is 346 g/mol. The number of rotatable bonds is 9. The Morgan fingerprint density at radius 3 is 2.50 bits per heavy atom. The molecule has 1 amide bonds. The molecule has 0 unspecified atom stereocenters. The minimum atomic E-state index is -4.29. The van der Waals surface area contributed by atoms with Crippen LogP contribution in [0.1, 0.15) is 33.6 Å². The Morgan fingerprint density at radius 2 is 1.88 bits per heavy atom. The van der Waals surface area contributed by atoms with Gasteiger partial charge in [0.05, 0.1) is 19.1 Å². The number of halogens is 3. The van der Waals surface area contributed by atoms with Gasteiger partial charge in [-0.1, -0.05) is 19.9 Å². The average Bonchev–Trinajstić information content (AvgIpc) is 2.44. The number of hydrogen-bond donors (Lipinski definition) is 2. The van der Waals surface area contributed by atoms with E-state index in [2.05, 4.69) is 24.5 Å². The standard InChI is InChI=1S/C17H25F3N2O2/c1-12(2)9-13(3)24-8-7-16(23)22-15-6-4-5-14(10-15)21-11-17(18,19)20/h4-6,10,12-13,21H,7-9,11H2,1-3H3,(H,22,23)/t13-/m1/s1. The van der Waals surface area contributed by atoms with E-state index < -0.39 is 12.7 Å². The third kappa shape index (κ3) is 9.39. The molecule has 4 nitrogen and oxygen atoms in total. The van der Waals surface area contributed by atoms with Crippen molar-refractivity contribution in [2.45, 2.75) is 45.9 Å². The summed E-state index contributed by atoms with van der Waals surface area (Å²) < 4.78 is 42.1. The van der Waals surface area contributed by atoms with Crippen LogP contribution in [0.2, 0.25) is 0 Å². The second kappa shape index (κ2) is 9.52. The second-order valence-electron chi connectivity index (χ2n) is 6.16. The highest BCUT2D eigenvalue weighted by Gasteiger charge is 2.26. The van der Waals surface area contributed by atoms with E-state index in [0.29, 0.717) is 23.9 Å². The van der Waals surface area contributed by atoms with Gasteiger partial charge in [0, 0.05) is 11.4 Å². The molecule has 136 valence electrons. The second-order valence-corrected chi connectivity index (χ2v) is 6.16. The van der Waals surface area contributed by atoms with Crippen LogP contribution >= 0.6 is 0 Å².